The topological polar surface area (TPSA) is 90.5 Å². The number of likely N-dealkylation sites (tertiary alicyclic amines) is 2. The molecule has 2 amide bonds. The Labute approximate surface area is 81.2 Å². The summed E-state index contributed by atoms with van der Waals surface area (Å²) >= 11 is 0. The molecular weight excluding hydrogens is 184 g/mol. The molecule has 0 unspecified atom stereocenters. The average Bonchev–Trinajstić information content (AvgIpc) is 2.64. The third-order valence-corrected chi connectivity index (χ3v) is 2.96. The highest BCUT2D eigenvalue weighted by atomic mass is 16.2. The average molecular weight is 196 g/mol. The van der Waals surface area contributed by atoms with Crippen molar-refractivity contribution in [2.24, 2.45) is 17.6 Å². The second-order valence-electron chi connectivity index (χ2n) is 3.74. The predicted molar refractivity (Wildman–Crippen MR) is 48.2 cm³/mol. The number of guanidine groups is 1. The Hall–Kier alpha value is -1.59. The first-order valence-electron chi connectivity index (χ1n) is 4.42. The summed E-state index contributed by atoms with van der Waals surface area (Å²) in [6, 6.07) is 0. The maximum Gasteiger partial charge on any atom is 0.234 e. The highest BCUT2D eigenvalue weighted by Crippen LogP contribution is 2.31. The van der Waals surface area contributed by atoms with E-state index in [0.29, 0.717) is 13.1 Å². The molecule has 6 nitrogen and oxygen atoms in total. The molecule has 3 N–H and O–H groups in total. The molecule has 0 bridgehead atoms. The van der Waals surface area contributed by atoms with E-state index in [-0.39, 0.29) is 29.6 Å². The van der Waals surface area contributed by atoms with Crippen LogP contribution in [0.3, 0.4) is 0 Å². The molecule has 0 radical (unpaired) electrons. The maximum atomic E-state index is 11.5. The molecule has 0 aliphatic carbocycles. The van der Waals surface area contributed by atoms with E-state index < -0.39 is 0 Å². The molecular formula is C8H12N4O2. The van der Waals surface area contributed by atoms with Crippen molar-refractivity contribution in [2.45, 2.75) is 0 Å². The molecule has 76 valence electrons. The van der Waals surface area contributed by atoms with E-state index in [1.54, 1.807) is 4.90 Å². The van der Waals surface area contributed by atoms with Crippen molar-refractivity contribution in [3.8, 4) is 0 Å². The highest BCUT2D eigenvalue weighted by Gasteiger charge is 2.51. The Morgan fingerprint density at radius 1 is 1.36 bits per heavy atom. The van der Waals surface area contributed by atoms with Gasteiger partial charge in [-0.15, -0.1) is 0 Å². The number of nitrogens with zero attached hydrogens (tertiary/aromatic N) is 2. The lowest BCUT2D eigenvalue weighted by Gasteiger charge is -2.17. The standard InChI is InChI=1S/C8H12N4O2/c1-11-6(13)4-2-12(8(9)10)3-5(4)7(11)14/h4-5H,2-3H2,1H3,(H3,9,10)/t4-,5-/m1/s1. The molecule has 0 aromatic heterocycles. The molecule has 0 aromatic rings. The number of rotatable bonds is 0. The summed E-state index contributed by atoms with van der Waals surface area (Å²) < 4.78 is 0. The minimum absolute atomic E-state index is 0.0670. The fourth-order valence-corrected chi connectivity index (χ4v) is 2.11. The smallest absolute Gasteiger partial charge is 0.234 e. The molecule has 0 aromatic carbocycles. The van der Waals surface area contributed by atoms with Gasteiger partial charge in [0.25, 0.3) is 0 Å². The molecule has 2 heterocycles. The number of hydrogen-bond donors (Lipinski definition) is 2. The van der Waals surface area contributed by atoms with Gasteiger partial charge in [0, 0.05) is 20.1 Å². The van der Waals surface area contributed by atoms with Gasteiger partial charge in [0.05, 0.1) is 11.8 Å². The van der Waals surface area contributed by atoms with Crippen molar-refractivity contribution in [3.63, 3.8) is 0 Å². The second kappa shape index (κ2) is 2.70. The van der Waals surface area contributed by atoms with Crippen molar-refractivity contribution < 1.29 is 9.59 Å². The van der Waals surface area contributed by atoms with Gasteiger partial charge in [0.1, 0.15) is 0 Å². The van der Waals surface area contributed by atoms with Crippen molar-refractivity contribution in [2.75, 3.05) is 20.1 Å². The Morgan fingerprint density at radius 2 is 1.79 bits per heavy atom. The van der Waals surface area contributed by atoms with Gasteiger partial charge in [0.2, 0.25) is 11.8 Å². The van der Waals surface area contributed by atoms with Gasteiger partial charge >= 0.3 is 0 Å². The van der Waals surface area contributed by atoms with Crippen LogP contribution in [0, 0.1) is 17.2 Å². The van der Waals surface area contributed by atoms with Gasteiger partial charge in [-0.1, -0.05) is 0 Å². The quantitative estimate of drug-likeness (QED) is 0.278. The summed E-state index contributed by atoms with van der Waals surface area (Å²) in [5, 5.41) is 7.22. The normalized spacial score (nSPS) is 31.2. The summed E-state index contributed by atoms with van der Waals surface area (Å²) in [6.45, 7) is 0.795. The SMILES string of the molecule is CN1C(=O)[C@@H]2CN(C(=N)N)C[C@H]2C1=O. The van der Waals surface area contributed by atoms with E-state index in [0.717, 1.165) is 0 Å². The minimum atomic E-state index is -0.295. The van der Waals surface area contributed by atoms with E-state index in [1.807, 2.05) is 0 Å². The lowest BCUT2D eigenvalue weighted by atomic mass is 10.00. The van der Waals surface area contributed by atoms with E-state index in [4.69, 9.17) is 11.1 Å². The number of carbonyl (C=O) groups is 2. The van der Waals surface area contributed by atoms with E-state index in [2.05, 4.69) is 0 Å². The molecule has 0 saturated carbocycles. The molecule has 14 heavy (non-hydrogen) atoms. The zero-order chi connectivity index (χ0) is 10.5. The third-order valence-electron chi connectivity index (χ3n) is 2.96. The molecule has 2 atom stereocenters. The largest absolute Gasteiger partial charge is 0.370 e. The van der Waals surface area contributed by atoms with E-state index in [9.17, 15) is 9.59 Å². The summed E-state index contributed by atoms with van der Waals surface area (Å²) in [5.41, 5.74) is 5.30. The first kappa shape index (κ1) is 8.98. The van der Waals surface area contributed by atoms with Crippen LogP contribution >= 0.6 is 0 Å². The highest BCUT2D eigenvalue weighted by molar-refractivity contribution is 6.05. The number of carbonyl (C=O) groups excluding carboxylic acids is 2. The third kappa shape index (κ3) is 0.997. The minimum Gasteiger partial charge on any atom is -0.370 e. The number of fused-ring (bicyclic) bond motifs is 1. The number of imide groups is 1. The zero-order valence-electron chi connectivity index (χ0n) is 7.86. The summed E-state index contributed by atoms with van der Waals surface area (Å²) in [5.74, 6) is -0.956. The van der Waals surface area contributed by atoms with Crippen LogP contribution in [0.5, 0.6) is 0 Å². The van der Waals surface area contributed by atoms with Crippen LogP contribution in [0.2, 0.25) is 0 Å². The lowest BCUT2D eigenvalue weighted by molar-refractivity contribution is -0.138. The fraction of sp³-hybridized carbons (Fsp3) is 0.625. The van der Waals surface area contributed by atoms with Crippen LogP contribution in [0.4, 0.5) is 0 Å². The second-order valence-corrected chi connectivity index (χ2v) is 3.74. The number of nitrogens with two attached hydrogens (primary N) is 1. The van der Waals surface area contributed by atoms with Crippen molar-refractivity contribution in [3.05, 3.63) is 0 Å². The van der Waals surface area contributed by atoms with E-state index in [1.165, 1.54) is 11.9 Å². The molecule has 0 spiro atoms. The van der Waals surface area contributed by atoms with Crippen LogP contribution < -0.4 is 5.73 Å². The van der Waals surface area contributed by atoms with Gasteiger partial charge in [-0.05, 0) is 0 Å². The molecule has 2 fully saturated rings. The number of hydrogen-bond acceptors (Lipinski definition) is 3. The Bertz CT molecular complexity index is 303. The lowest BCUT2D eigenvalue weighted by Crippen LogP contribution is -2.39. The van der Waals surface area contributed by atoms with Gasteiger partial charge in [0.15, 0.2) is 5.96 Å². The summed E-state index contributed by atoms with van der Waals surface area (Å²) in [7, 11) is 1.50. The van der Waals surface area contributed by atoms with Crippen LogP contribution in [0.25, 0.3) is 0 Å². The van der Waals surface area contributed by atoms with Crippen LogP contribution in [0.15, 0.2) is 0 Å². The van der Waals surface area contributed by atoms with Crippen LogP contribution in [0.1, 0.15) is 0 Å². The monoisotopic (exact) mass is 196 g/mol. The van der Waals surface area contributed by atoms with Gasteiger partial charge in [-0.2, -0.15) is 0 Å². The van der Waals surface area contributed by atoms with Crippen molar-refractivity contribution in [1.82, 2.24) is 9.80 Å². The Kier molecular flexibility index (Phi) is 1.73. The first-order chi connectivity index (χ1) is 6.52. The number of amides is 2. The molecule has 2 saturated heterocycles. The zero-order valence-corrected chi connectivity index (χ0v) is 7.86. The van der Waals surface area contributed by atoms with Crippen molar-refractivity contribution in [1.29, 1.82) is 5.41 Å². The first-order valence-corrected chi connectivity index (χ1v) is 4.42. The summed E-state index contributed by atoms with van der Waals surface area (Å²) in [4.78, 5) is 25.8. The van der Waals surface area contributed by atoms with Crippen molar-refractivity contribution >= 4 is 17.8 Å². The summed E-state index contributed by atoms with van der Waals surface area (Å²) in [6.07, 6.45) is 0. The maximum absolute atomic E-state index is 11.5. The predicted octanol–water partition coefficient (Wildman–Crippen LogP) is -1.57. The van der Waals surface area contributed by atoms with Gasteiger partial charge in [-0.25, -0.2) is 0 Å². The van der Waals surface area contributed by atoms with Crippen LogP contribution in [-0.4, -0.2) is 47.7 Å². The molecule has 6 heteroatoms. The van der Waals surface area contributed by atoms with Gasteiger partial charge in [-0.3, -0.25) is 19.9 Å². The van der Waals surface area contributed by atoms with E-state index >= 15 is 0 Å². The Morgan fingerprint density at radius 3 is 2.14 bits per heavy atom. The molecule has 2 aliphatic heterocycles. The fourth-order valence-electron chi connectivity index (χ4n) is 2.11. The number of nitrogens with one attached hydrogen (secondary N) is 1. The molecule has 2 aliphatic rings. The molecule has 2 rings (SSSR count). The Balaban J connectivity index is 2.20. The van der Waals surface area contributed by atoms with Crippen LogP contribution in [-0.2, 0) is 9.59 Å². The van der Waals surface area contributed by atoms with Gasteiger partial charge < -0.3 is 10.6 Å².